The number of rotatable bonds is 4. The number of carbonyl (C=O) groups excluding carboxylic acids is 1. The van der Waals surface area contributed by atoms with Crippen LogP contribution in [0.1, 0.15) is 30.1 Å². The molecule has 0 aliphatic heterocycles. The van der Waals surface area contributed by atoms with Crippen molar-refractivity contribution in [3.63, 3.8) is 0 Å². The molecule has 88 valence electrons. The third kappa shape index (κ3) is 2.59. The highest BCUT2D eigenvalue weighted by molar-refractivity contribution is 5.92. The molecule has 0 aliphatic rings. The summed E-state index contributed by atoms with van der Waals surface area (Å²) in [5.74, 6) is -1.31. The highest BCUT2D eigenvalue weighted by Gasteiger charge is 2.28. The van der Waals surface area contributed by atoms with Gasteiger partial charge in [-0.1, -0.05) is 0 Å². The summed E-state index contributed by atoms with van der Waals surface area (Å²) >= 11 is 0. The Bertz CT molecular complexity index is 409. The first kappa shape index (κ1) is 12.2. The molecule has 0 unspecified atom stereocenters. The quantitative estimate of drug-likeness (QED) is 0.793. The second-order valence-corrected chi connectivity index (χ2v) is 4.14. The standard InChI is InChI=1S/C10H14N2O4/c1-6-7(16-5-12-6)8(13)11-4-10(2,3)9(14)15/h5H,4H2,1-3H3,(H,11,13)(H,14,15). The topological polar surface area (TPSA) is 92.4 Å². The van der Waals surface area contributed by atoms with E-state index in [1.54, 1.807) is 6.92 Å². The van der Waals surface area contributed by atoms with Gasteiger partial charge in [0, 0.05) is 6.54 Å². The summed E-state index contributed by atoms with van der Waals surface area (Å²) in [4.78, 5) is 26.1. The predicted octanol–water partition coefficient (Wildman–Crippen LogP) is 0.824. The number of nitrogens with one attached hydrogen (secondary N) is 1. The Morgan fingerprint density at radius 2 is 2.19 bits per heavy atom. The smallest absolute Gasteiger partial charge is 0.310 e. The summed E-state index contributed by atoms with van der Waals surface area (Å²) in [6.07, 6.45) is 1.17. The fourth-order valence-corrected chi connectivity index (χ4v) is 0.977. The van der Waals surface area contributed by atoms with Gasteiger partial charge in [-0.2, -0.15) is 0 Å². The van der Waals surface area contributed by atoms with Crippen LogP contribution in [0, 0.1) is 12.3 Å². The first-order valence-corrected chi connectivity index (χ1v) is 4.76. The molecule has 1 rings (SSSR count). The zero-order valence-corrected chi connectivity index (χ0v) is 9.40. The molecule has 0 fully saturated rings. The summed E-state index contributed by atoms with van der Waals surface area (Å²) in [6.45, 7) is 4.73. The van der Waals surface area contributed by atoms with Crippen LogP contribution in [0.25, 0.3) is 0 Å². The van der Waals surface area contributed by atoms with Crippen molar-refractivity contribution in [1.82, 2.24) is 10.3 Å². The zero-order chi connectivity index (χ0) is 12.3. The van der Waals surface area contributed by atoms with Crippen molar-refractivity contribution in [3.8, 4) is 0 Å². The number of nitrogens with zero attached hydrogens (tertiary/aromatic N) is 1. The molecule has 0 atom stereocenters. The molecule has 0 radical (unpaired) electrons. The van der Waals surface area contributed by atoms with Crippen LogP contribution >= 0.6 is 0 Å². The van der Waals surface area contributed by atoms with Gasteiger partial charge in [-0.3, -0.25) is 9.59 Å². The number of aromatic nitrogens is 1. The molecule has 0 saturated heterocycles. The van der Waals surface area contributed by atoms with E-state index in [4.69, 9.17) is 9.52 Å². The van der Waals surface area contributed by atoms with Crippen LogP contribution in [0.3, 0.4) is 0 Å². The maximum absolute atomic E-state index is 11.6. The normalized spacial score (nSPS) is 11.2. The Labute approximate surface area is 92.7 Å². The van der Waals surface area contributed by atoms with Gasteiger partial charge in [-0.25, -0.2) is 4.98 Å². The minimum Gasteiger partial charge on any atom is -0.481 e. The first-order valence-electron chi connectivity index (χ1n) is 4.76. The fraction of sp³-hybridized carbons (Fsp3) is 0.500. The van der Waals surface area contributed by atoms with Crippen LogP contribution in [0.15, 0.2) is 10.8 Å². The average Bonchev–Trinajstić information content (AvgIpc) is 2.61. The maximum atomic E-state index is 11.6. The second kappa shape index (κ2) is 4.34. The van der Waals surface area contributed by atoms with E-state index < -0.39 is 17.3 Å². The summed E-state index contributed by atoms with van der Waals surface area (Å²) in [5, 5.41) is 11.3. The second-order valence-electron chi connectivity index (χ2n) is 4.14. The minimum absolute atomic E-state index is 0.0291. The summed E-state index contributed by atoms with van der Waals surface area (Å²) in [7, 11) is 0. The summed E-state index contributed by atoms with van der Waals surface area (Å²) < 4.78 is 4.88. The van der Waals surface area contributed by atoms with Gasteiger partial charge in [-0.05, 0) is 20.8 Å². The lowest BCUT2D eigenvalue weighted by Gasteiger charge is -2.18. The zero-order valence-electron chi connectivity index (χ0n) is 9.40. The van der Waals surface area contributed by atoms with Gasteiger partial charge >= 0.3 is 5.97 Å². The summed E-state index contributed by atoms with van der Waals surface area (Å²) in [5.41, 5.74) is -0.533. The van der Waals surface area contributed by atoms with Crippen molar-refractivity contribution in [1.29, 1.82) is 0 Å². The molecule has 2 N–H and O–H groups in total. The lowest BCUT2D eigenvalue weighted by molar-refractivity contribution is -0.146. The molecule has 0 bridgehead atoms. The molecule has 6 nitrogen and oxygen atoms in total. The van der Waals surface area contributed by atoms with E-state index in [2.05, 4.69) is 10.3 Å². The van der Waals surface area contributed by atoms with Gasteiger partial charge in [0.05, 0.1) is 11.1 Å². The largest absolute Gasteiger partial charge is 0.481 e. The number of carboxylic acids is 1. The highest BCUT2D eigenvalue weighted by atomic mass is 16.4. The SMILES string of the molecule is Cc1ncoc1C(=O)NCC(C)(C)C(=O)O. The molecule has 1 amide bonds. The van der Waals surface area contributed by atoms with Crippen LogP contribution in [-0.2, 0) is 4.79 Å². The monoisotopic (exact) mass is 226 g/mol. The number of hydrogen-bond acceptors (Lipinski definition) is 4. The van der Waals surface area contributed by atoms with E-state index in [1.165, 1.54) is 20.2 Å². The molecule has 0 spiro atoms. The van der Waals surface area contributed by atoms with Crippen molar-refractivity contribution in [2.24, 2.45) is 5.41 Å². The third-order valence-corrected chi connectivity index (χ3v) is 2.22. The lowest BCUT2D eigenvalue weighted by Crippen LogP contribution is -2.38. The van der Waals surface area contributed by atoms with Crippen LogP contribution in [-0.4, -0.2) is 28.5 Å². The molecule has 1 heterocycles. The Morgan fingerprint density at radius 1 is 1.56 bits per heavy atom. The predicted molar refractivity (Wildman–Crippen MR) is 55.0 cm³/mol. The number of aliphatic carboxylic acids is 1. The van der Waals surface area contributed by atoms with Gasteiger partial charge in [-0.15, -0.1) is 0 Å². The molecular weight excluding hydrogens is 212 g/mol. The Kier molecular flexibility index (Phi) is 3.31. The number of amides is 1. The van der Waals surface area contributed by atoms with Gasteiger partial charge in [0.1, 0.15) is 0 Å². The lowest BCUT2D eigenvalue weighted by atomic mass is 9.94. The molecule has 0 saturated carbocycles. The average molecular weight is 226 g/mol. The number of hydrogen-bond donors (Lipinski definition) is 2. The van der Waals surface area contributed by atoms with E-state index in [-0.39, 0.29) is 12.3 Å². The van der Waals surface area contributed by atoms with Crippen molar-refractivity contribution < 1.29 is 19.1 Å². The highest BCUT2D eigenvalue weighted by Crippen LogP contribution is 2.14. The van der Waals surface area contributed by atoms with Crippen molar-refractivity contribution in [2.75, 3.05) is 6.54 Å². The maximum Gasteiger partial charge on any atom is 0.310 e. The fourth-order valence-electron chi connectivity index (χ4n) is 0.977. The van der Waals surface area contributed by atoms with E-state index in [9.17, 15) is 9.59 Å². The Morgan fingerprint density at radius 3 is 2.62 bits per heavy atom. The van der Waals surface area contributed by atoms with Crippen molar-refractivity contribution in [3.05, 3.63) is 17.8 Å². The minimum atomic E-state index is -1.01. The molecular formula is C10H14N2O4. The van der Waals surface area contributed by atoms with Crippen LogP contribution in [0.2, 0.25) is 0 Å². The van der Waals surface area contributed by atoms with Crippen LogP contribution in [0.5, 0.6) is 0 Å². The van der Waals surface area contributed by atoms with E-state index >= 15 is 0 Å². The van der Waals surface area contributed by atoms with E-state index in [0.717, 1.165) is 0 Å². The van der Waals surface area contributed by atoms with Gasteiger partial charge in [0.25, 0.3) is 5.91 Å². The molecule has 1 aromatic heterocycles. The first-order chi connectivity index (χ1) is 7.34. The number of carbonyl (C=O) groups is 2. The molecule has 16 heavy (non-hydrogen) atoms. The Balaban J connectivity index is 2.61. The van der Waals surface area contributed by atoms with E-state index in [0.29, 0.717) is 5.69 Å². The Hall–Kier alpha value is -1.85. The van der Waals surface area contributed by atoms with Gasteiger partial charge < -0.3 is 14.8 Å². The van der Waals surface area contributed by atoms with Gasteiger partial charge in [0.15, 0.2) is 6.39 Å². The number of aryl methyl sites for hydroxylation is 1. The molecule has 0 aromatic carbocycles. The van der Waals surface area contributed by atoms with Crippen LogP contribution < -0.4 is 5.32 Å². The summed E-state index contributed by atoms with van der Waals surface area (Å²) in [6, 6.07) is 0. The van der Waals surface area contributed by atoms with Crippen LogP contribution in [0.4, 0.5) is 0 Å². The van der Waals surface area contributed by atoms with Crippen molar-refractivity contribution >= 4 is 11.9 Å². The number of oxazole rings is 1. The number of carboxylic acid groups (broad SMARTS) is 1. The van der Waals surface area contributed by atoms with Crippen molar-refractivity contribution in [2.45, 2.75) is 20.8 Å². The molecule has 6 heteroatoms. The molecule has 1 aromatic rings. The van der Waals surface area contributed by atoms with E-state index in [1.807, 2.05) is 0 Å². The third-order valence-electron chi connectivity index (χ3n) is 2.22. The van der Waals surface area contributed by atoms with Gasteiger partial charge in [0.2, 0.25) is 5.76 Å². The molecule has 0 aliphatic carbocycles.